The number of aliphatic hydroxyl groups is 1. The standard InChI is InChI=1S/C31H33NO7/c1-5-16-39-23-13-9-12-21(17-23)28(33)26-27(22-18-24(36-2)30(38-4)25(19-22)37-3)32(31(35)29(26)34)15-14-20-10-7-6-8-11-20/h6-13,17-19,27,33H,5,14-16H2,1-4H3/b28-26+. The lowest BCUT2D eigenvalue weighted by molar-refractivity contribution is -0.139. The Bertz CT molecular complexity index is 1340. The van der Waals surface area contributed by atoms with Crippen LogP contribution in [0.15, 0.2) is 72.3 Å². The van der Waals surface area contributed by atoms with Crippen molar-refractivity contribution in [3.8, 4) is 23.0 Å². The summed E-state index contributed by atoms with van der Waals surface area (Å²) in [5.41, 5.74) is 1.91. The highest BCUT2D eigenvalue weighted by molar-refractivity contribution is 6.46. The molecule has 1 heterocycles. The summed E-state index contributed by atoms with van der Waals surface area (Å²) in [7, 11) is 4.49. The second-order valence-corrected chi connectivity index (χ2v) is 9.06. The summed E-state index contributed by atoms with van der Waals surface area (Å²) in [5, 5.41) is 11.5. The van der Waals surface area contributed by atoms with E-state index in [1.807, 2.05) is 37.3 Å². The number of carbonyl (C=O) groups is 2. The first-order chi connectivity index (χ1) is 18.9. The number of nitrogens with zero attached hydrogens (tertiary/aromatic N) is 1. The van der Waals surface area contributed by atoms with Crippen LogP contribution in [0.25, 0.3) is 5.76 Å². The Morgan fingerprint density at radius 1 is 0.897 bits per heavy atom. The first kappa shape index (κ1) is 27.6. The quantitative estimate of drug-likeness (QED) is 0.207. The van der Waals surface area contributed by atoms with E-state index in [1.54, 1.807) is 36.4 Å². The molecule has 39 heavy (non-hydrogen) atoms. The average molecular weight is 532 g/mol. The van der Waals surface area contributed by atoms with Crippen molar-refractivity contribution >= 4 is 17.4 Å². The largest absolute Gasteiger partial charge is 0.507 e. The molecule has 0 aliphatic carbocycles. The Morgan fingerprint density at radius 2 is 1.59 bits per heavy atom. The van der Waals surface area contributed by atoms with Crippen LogP contribution in [0.2, 0.25) is 0 Å². The van der Waals surface area contributed by atoms with Crippen LogP contribution in [-0.4, -0.2) is 56.2 Å². The zero-order valence-corrected chi connectivity index (χ0v) is 22.6. The molecule has 1 fully saturated rings. The molecule has 1 N–H and O–H groups in total. The number of aliphatic hydroxyl groups excluding tert-OH is 1. The van der Waals surface area contributed by atoms with Gasteiger partial charge in [0.15, 0.2) is 11.5 Å². The maximum Gasteiger partial charge on any atom is 0.295 e. The third-order valence-corrected chi connectivity index (χ3v) is 6.61. The number of Topliss-reactive ketones (excluding diaryl/α,β-unsaturated/α-hetero) is 1. The fourth-order valence-electron chi connectivity index (χ4n) is 4.72. The minimum atomic E-state index is -0.886. The number of amides is 1. The van der Waals surface area contributed by atoms with E-state index >= 15 is 0 Å². The molecule has 1 aliphatic rings. The molecule has 1 unspecified atom stereocenters. The van der Waals surface area contributed by atoms with Gasteiger partial charge in [-0.25, -0.2) is 0 Å². The highest BCUT2D eigenvalue weighted by atomic mass is 16.5. The molecule has 204 valence electrons. The highest BCUT2D eigenvalue weighted by Crippen LogP contribution is 2.45. The predicted molar refractivity (Wildman–Crippen MR) is 147 cm³/mol. The summed E-state index contributed by atoms with van der Waals surface area (Å²) in [6, 6.07) is 19.1. The number of benzene rings is 3. The van der Waals surface area contributed by atoms with Gasteiger partial charge in [0.25, 0.3) is 11.7 Å². The van der Waals surface area contributed by atoms with Crippen LogP contribution >= 0.6 is 0 Å². The first-order valence-electron chi connectivity index (χ1n) is 12.8. The van der Waals surface area contributed by atoms with Crippen molar-refractivity contribution in [2.75, 3.05) is 34.5 Å². The zero-order chi connectivity index (χ0) is 27.9. The van der Waals surface area contributed by atoms with Crippen LogP contribution in [-0.2, 0) is 16.0 Å². The first-order valence-corrected chi connectivity index (χ1v) is 12.8. The summed E-state index contributed by atoms with van der Waals surface area (Å²) in [6.07, 6.45) is 1.35. The summed E-state index contributed by atoms with van der Waals surface area (Å²) in [5.74, 6) is -0.0553. The van der Waals surface area contributed by atoms with Crippen LogP contribution < -0.4 is 18.9 Å². The summed E-state index contributed by atoms with van der Waals surface area (Å²) in [6.45, 7) is 2.77. The molecule has 8 heteroatoms. The number of hydrogen-bond donors (Lipinski definition) is 1. The minimum absolute atomic E-state index is 0.0185. The van der Waals surface area contributed by atoms with E-state index in [4.69, 9.17) is 18.9 Å². The molecule has 8 nitrogen and oxygen atoms in total. The topological polar surface area (TPSA) is 94.5 Å². The molecule has 0 bridgehead atoms. The Kier molecular flexibility index (Phi) is 8.76. The van der Waals surface area contributed by atoms with Gasteiger partial charge in [-0.05, 0) is 48.2 Å². The number of likely N-dealkylation sites (tertiary alicyclic amines) is 1. The van der Waals surface area contributed by atoms with E-state index in [0.29, 0.717) is 47.2 Å². The van der Waals surface area contributed by atoms with Gasteiger partial charge in [0.05, 0.1) is 39.6 Å². The van der Waals surface area contributed by atoms with Crippen LogP contribution in [0, 0.1) is 0 Å². The van der Waals surface area contributed by atoms with Crippen LogP contribution in [0.5, 0.6) is 23.0 Å². The molecule has 0 aromatic heterocycles. The molecule has 1 saturated heterocycles. The molecule has 3 aromatic rings. The number of hydrogen-bond acceptors (Lipinski definition) is 7. The fraction of sp³-hybridized carbons (Fsp3) is 0.290. The molecule has 1 aliphatic heterocycles. The lowest BCUT2D eigenvalue weighted by Crippen LogP contribution is -2.31. The Balaban J connectivity index is 1.86. The maximum atomic E-state index is 13.5. The van der Waals surface area contributed by atoms with Crippen molar-refractivity contribution in [3.05, 3.63) is 89.0 Å². The molecule has 4 rings (SSSR count). The van der Waals surface area contributed by atoms with Crippen molar-refractivity contribution in [1.29, 1.82) is 0 Å². The van der Waals surface area contributed by atoms with Crippen molar-refractivity contribution in [2.24, 2.45) is 0 Å². The molecule has 0 spiro atoms. The minimum Gasteiger partial charge on any atom is -0.507 e. The van der Waals surface area contributed by atoms with Crippen LogP contribution in [0.4, 0.5) is 0 Å². The van der Waals surface area contributed by atoms with Gasteiger partial charge in [-0.1, -0.05) is 49.4 Å². The van der Waals surface area contributed by atoms with Gasteiger partial charge in [0, 0.05) is 12.1 Å². The van der Waals surface area contributed by atoms with Crippen molar-refractivity contribution in [1.82, 2.24) is 4.90 Å². The number of ketones is 1. The molecule has 3 aromatic carbocycles. The van der Waals surface area contributed by atoms with Crippen molar-refractivity contribution in [3.63, 3.8) is 0 Å². The molecule has 0 radical (unpaired) electrons. The summed E-state index contributed by atoms with van der Waals surface area (Å²) in [4.78, 5) is 28.4. The van der Waals surface area contributed by atoms with Crippen LogP contribution in [0.1, 0.15) is 36.1 Å². The molecule has 1 amide bonds. The van der Waals surface area contributed by atoms with Gasteiger partial charge in [0.2, 0.25) is 5.75 Å². The molecular weight excluding hydrogens is 498 g/mol. The second kappa shape index (κ2) is 12.4. The molecule has 0 saturated carbocycles. The SMILES string of the molecule is CCCOc1cccc(/C(O)=C2\C(=O)C(=O)N(CCc3ccccc3)C2c2cc(OC)c(OC)c(OC)c2)c1. The van der Waals surface area contributed by atoms with Crippen LogP contribution in [0.3, 0.4) is 0 Å². The Hall–Kier alpha value is -4.46. The number of carbonyl (C=O) groups excluding carboxylic acids is 2. The second-order valence-electron chi connectivity index (χ2n) is 9.06. The van der Waals surface area contributed by atoms with E-state index in [2.05, 4.69) is 0 Å². The van der Waals surface area contributed by atoms with E-state index in [1.165, 1.54) is 26.2 Å². The van der Waals surface area contributed by atoms with E-state index < -0.39 is 17.7 Å². The van der Waals surface area contributed by atoms with Gasteiger partial charge in [-0.15, -0.1) is 0 Å². The fourth-order valence-corrected chi connectivity index (χ4v) is 4.72. The Morgan fingerprint density at radius 3 is 2.21 bits per heavy atom. The van der Waals surface area contributed by atoms with E-state index in [-0.39, 0.29) is 17.9 Å². The Labute approximate surface area is 228 Å². The average Bonchev–Trinajstić information content (AvgIpc) is 3.23. The smallest absolute Gasteiger partial charge is 0.295 e. The normalized spacial score (nSPS) is 16.3. The third kappa shape index (κ3) is 5.70. The summed E-state index contributed by atoms with van der Waals surface area (Å²) < 4.78 is 22.3. The van der Waals surface area contributed by atoms with Gasteiger partial charge in [-0.2, -0.15) is 0 Å². The molecular formula is C31H33NO7. The van der Waals surface area contributed by atoms with Gasteiger partial charge < -0.3 is 29.0 Å². The monoisotopic (exact) mass is 531 g/mol. The predicted octanol–water partition coefficient (Wildman–Crippen LogP) is 5.17. The van der Waals surface area contributed by atoms with E-state index in [0.717, 1.165) is 12.0 Å². The zero-order valence-electron chi connectivity index (χ0n) is 22.6. The van der Waals surface area contributed by atoms with Gasteiger partial charge in [0.1, 0.15) is 11.5 Å². The lowest BCUT2D eigenvalue weighted by atomic mass is 9.94. The van der Waals surface area contributed by atoms with Gasteiger partial charge in [-0.3, -0.25) is 9.59 Å². The number of methoxy groups -OCH3 is 3. The highest BCUT2D eigenvalue weighted by Gasteiger charge is 2.46. The van der Waals surface area contributed by atoms with Gasteiger partial charge >= 0.3 is 0 Å². The third-order valence-electron chi connectivity index (χ3n) is 6.61. The van der Waals surface area contributed by atoms with E-state index in [9.17, 15) is 14.7 Å². The number of rotatable bonds is 11. The van der Waals surface area contributed by atoms with Crippen molar-refractivity contribution in [2.45, 2.75) is 25.8 Å². The van der Waals surface area contributed by atoms with Crippen molar-refractivity contribution < 1.29 is 33.6 Å². The maximum absolute atomic E-state index is 13.5. The lowest BCUT2D eigenvalue weighted by Gasteiger charge is -2.26. The number of ether oxygens (including phenoxy) is 4. The molecule has 1 atom stereocenters. The summed E-state index contributed by atoms with van der Waals surface area (Å²) >= 11 is 0.